The molecule has 0 heterocycles. The highest BCUT2D eigenvalue weighted by Crippen LogP contribution is 2.15. The number of hydrogen-bond donors (Lipinski definition) is 4. The van der Waals surface area contributed by atoms with Crippen molar-refractivity contribution in [1.29, 1.82) is 0 Å². The topological polar surface area (TPSA) is 145 Å². The summed E-state index contributed by atoms with van der Waals surface area (Å²) in [5, 5.41) is 20.3. The first-order valence-electron chi connectivity index (χ1n) is 9.27. The van der Waals surface area contributed by atoms with E-state index in [1.54, 1.807) is 12.1 Å². The highest BCUT2D eigenvalue weighted by Gasteiger charge is 2.06. The Morgan fingerprint density at radius 2 is 1.63 bits per heavy atom. The number of hydrogen-bond acceptors (Lipinski definition) is 6. The van der Waals surface area contributed by atoms with Crippen LogP contribution in [0, 0.1) is 0 Å². The van der Waals surface area contributed by atoms with Gasteiger partial charge in [0.25, 0.3) is 0 Å². The molecule has 0 saturated carbocycles. The molecule has 0 aliphatic heterocycles. The lowest BCUT2D eigenvalue weighted by molar-refractivity contribution is -0.159. The lowest BCUT2D eigenvalue weighted by Gasteiger charge is -2.17. The minimum Gasteiger partial charge on any atom is -0.473 e. The van der Waals surface area contributed by atoms with E-state index >= 15 is 0 Å². The Labute approximate surface area is 183 Å². The molecule has 0 fully saturated rings. The molecule has 0 radical (unpaired) electrons. The molecular formula is C19H28BrN3O7. The van der Waals surface area contributed by atoms with Crippen LogP contribution in [0.2, 0.25) is 0 Å². The molecule has 0 saturated heterocycles. The lowest BCUT2D eigenvalue weighted by Crippen LogP contribution is -2.32. The molecule has 30 heavy (non-hydrogen) atoms. The van der Waals surface area contributed by atoms with Crippen molar-refractivity contribution in [3.63, 3.8) is 0 Å². The van der Waals surface area contributed by atoms with E-state index in [0.29, 0.717) is 12.2 Å². The summed E-state index contributed by atoms with van der Waals surface area (Å²) in [6.07, 6.45) is 0.900. The standard InChI is InChI=1S/C17H26BrN3O3.C2H2O4/c1-3-21(4-2)10-6-9-19-16(22)12-24-13-17(23)20-15-8-5-7-14(18)11-15;3-1(4)2(5)6/h5,7-8,11H,3-4,6,9-10,12-13H2,1-2H3,(H,19,22)(H,20,23);(H,3,4)(H,5,6). The van der Waals surface area contributed by atoms with Crippen molar-refractivity contribution >= 4 is 45.4 Å². The van der Waals surface area contributed by atoms with E-state index in [0.717, 1.165) is 30.5 Å². The van der Waals surface area contributed by atoms with Gasteiger partial charge in [0.15, 0.2) is 0 Å². The quantitative estimate of drug-likeness (QED) is 0.269. The number of aliphatic carboxylic acids is 2. The first-order chi connectivity index (χ1) is 14.2. The van der Waals surface area contributed by atoms with Crippen molar-refractivity contribution in [3.8, 4) is 0 Å². The zero-order valence-corrected chi connectivity index (χ0v) is 18.6. The van der Waals surface area contributed by atoms with Crippen LogP contribution < -0.4 is 10.6 Å². The van der Waals surface area contributed by atoms with Crippen LogP contribution in [-0.4, -0.2) is 78.3 Å². The fourth-order valence-corrected chi connectivity index (χ4v) is 2.52. The molecule has 4 N–H and O–H groups in total. The van der Waals surface area contributed by atoms with Gasteiger partial charge in [0.05, 0.1) is 0 Å². The summed E-state index contributed by atoms with van der Waals surface area (Å²) in [5.41, 5.74) is 0.679. The Morgan fingerprint density at radius 3 is 2.17 bits per heavy atom. The van der Waals surface area contributed by atoms with E-state index in [1.165, 1.54) is 0 Å². The Balaban J connectivity index is 0.00000122. The summed E-state index contributed by atoms with van der Waals surface area (Å²) in [6, 6.07) is 7.27. The fourth-order valence-electron chi connectivity index (χ4n) is 2.12. The summed E-state index contributed by atoms with van der Waals surface area (Å²) >= 11 is 3.33. The average molecular weight is 490 g/mol. The number of carboxylic acids is 2. The minimum atomic E-state index is -1.82. The zero-order chi connectivity index (χ0) is 22.9. The van der Waals surface area contributed by atoms with Gasteiger partial charge >= 0.3 is 11.9 Å². The number of benzene rings is 1. The molecule has 1 rings (SSSR count). The monoisotopic (exact) mass is 489 g/mol. The first-order valence-corrected chi connectivity index (χ1v) is 10.1. The van der Waals surface area contributed by atoms with E-state index in [9.17, 15) is 9.59 Å². The average Bonchev–Trinajstić information content (AvgIpc) is 2.68. The molecule has 11 heteroatoms. The summed E-state index contributed by atoms with van der Waals surface area (Å²) in [7, 11) is 0. The predicted octanol–water partition coefficient (Wildman–Crippen LogP) is 1.41. The maximum absolute atomic E-state index is 11.7. The molecule has 0 aliphatic carbocycles. The first kappa shape index (κ1) is 27.5. The molecule has 168 valence electrons. The number of anilines is 1. The molecule has 2 amide bonds. The maximum atomic E-state index is 11.7. The molecule has 0 bridgehead atoms. The molecule has 0 aromatic heterocycles. The van der Waals surface area contributed by atoms with Gasteiger partial charge in [-0.05, 0) is 44.3 Å². The highest BCUT2D eigenvalue weighted by molar-refractivity contribution is 9.10. The van der Waals surface area contributed by atoms with Gasteiger partial charge < -0.3 is 30.5 Å². The lowest BCUT2D eigenvalue weighted by atomic mass is 10.3. The molecular weight excluding hydrogens is 462 g/mol. The number of rotatable bonds is 11. The van der Waals surface area contributed by atoms with Crippen LogP contribution in [0.3, 0.4) is 0 Å². The van der Waals surface area contributed by atoms with Crippen LogP contribution in [0.1, 0.15) is 20.3 Å². The number of carbonyl (C=O) groups is 4. The third kappa shape index (κ3) is 14.5. The van der Waals surface area contributed by atoms with Crippen LogP contribution in [-0.2, 0) is 23.9 Å². The van der Waals surface area contributed by atoms with Crippen LogP contribution in [0.25, 0.3) is 0 Å². The van der Waals surface area contributed by atoms with Gasteiger partial charge in [-0.15, -0.1) is 0 Å². The Morgan fingerprint density at radius 1 is 1.03 bits per heavy atom. The minimum absolute atomic E-state index is 0.114. The molecule has 1 aromatic rings. The van der Waals surface area contributed by atoms with Crippen molar-refractivity contribution in [1.82, 2.24) is 10.2 Å². The Bertz CT molecular complexity index is 684. The smallest absolute Gasteiger partial charge is 0.414 e. The van der Waals surface area contributed by atoms with Crippen LogP contribution in [0.4, 0.5) is 5.69 Å². The van der Waals surface area contributed by atoms with E-state index in [2.05, 4.69) is 45.3 Å². The number of carbonyl (C=O) groups excluding carboxylic acids is 2. The second kappa shape index (κ2) is 16.3. The summed E-state index contributed by atoms with van der Waals surface area (Å²) in [4.78, 5) is 43.8. The van der Waals surface area contributed by atoms with Gasteiger partial charge in [0.2, 0.25) is 11.8 Å². The second-order valence-electron chi connectivity index (χ2n) is 5.89. The molecule has 1 aromatic carbocycles. The van der Waals surface area contributed by atoms with Crippen molar-refractivity contribution in [2.75, 3.05) is 44.7 Å². The normalized spacial score (nSPS) is 10.0. The van der Waals surface area contributed by atoms with Crippen LogP contribution >= 0.6 is 15.9 Å². The van der Waals surface area contributed by atoms with Crippen molar-refractivity contribution in [3.05, 3.63) is 28.7 Å². The van der Waals surface area contributed by atoms with Gasteiger partial charge in [-0.2, -0.15) is 0 Å². The van der Waals surface area contributed by atoms with Gasteiger partial charge in [-0.3, -0.25) is 9.59 Å². The number of nitrogens with zero attached hydrogens (tertiary/aromatic N) is 1. The SMILES string of the molecule is CCN(CC)CCCNC(=O)COCC(=O)Nc1cccc(Br)c1.O=C(O)C(=O)O. The maximum Gasteiger partial charge on any atom is 0.414 e. The van der Waals surface area contributed by atoms with Crippen LogP contribution in [0.5, 0.6) is 0 Å². The van der Waals surface area contributed by atoms with Gasteiger partial charge in [0, 0.05) is 16.7 Å². The molecule has 0 aliphatic rings. The predicted molar refractivity (Wildman–Crippen MR) is 114 cm³/mol. The summed E-state index contributed by atoms with van der Waals surface area (Å²) in [6.45, 7) is 7.58. The number of carboxylic acid groups (broad SMARTS) is 2. The highest BCUT2D eigenvalue weighted by atomic mass is 79.9. The second-order valence-corrected chi connectivity index (χ2v) is 6.81. The van der Waals surface area contributed by atoms with Crippen molar-refractivity contribution in [2.24, 2.45) is 0 Å². The zero-order valence-electron chi connectivity index (χ0n) is 17.0. The third-order valence-electron chi connectivity index (χ3n) is 3.63. The van der Waals surface area contributed by atoms with Crippen LogP contribution in [0.15, 0.2) is 28.7 Å². The van der Waals surface area contributed by atoms with Crippen molar-refractivity contribution < 1.29 is 34.1 Å². The Kier molecular flexibility index (Phi) is 15.0. The van der Waals surface area contributed by atoms with E-state index in [4.69, 9.17) is 24.5 Å². The number of amides is 2. The third-order valence-corrected chi connectivity index (χ3v) is 4.12. The van der Waals surface area contributed by atoms with Crippen molar-refractivity contribution in [2.45, 2.75) is 20.3 Å². The molecule has 0 atom stereocenters. The van der Waals surface area contributed by atoms with Gasteiger partial charge in [0.1, 0.15) is 13.2 Å². The number of ether oxygens (including phenoxy) is 1. The molecule has 0 unspecified atom stereocenters. The number of halogens is 1. The van der Waals surface area contributed by atoms with Gasteiger partial charge in [-0.1, -0.05) is 35.8 Å². The van der Waals surface area contributed by atoms with E-state index < -0.39 is 11.9 Å². The van der Waals surface area contributed by atoms with E-state index in [1.807, 2.05) is 12.1 Å². The fraction of sp³-hybridized carbons (Fsp3) is 0.474. The van der Waals surface area contributed by atoms with Gasteiger partial charge in [-0.25, -0.2) is 9.59 Å². The largest absolute Gasteiger partial charge is 0.473 e. The summed E-state index contributed by atoms with van der Waals surface area (Å²) in [5.74, 6) is -4.14. The molecule has 10 nitrogen and oxygen atoms in total. The van der Waals surface area contributed by atoms with E-state index in [-0.39, 0.29) is 25.0 Å². The Hall–Kier alpha value is -2.50. The summed E-state index contributed by atoms with van der Waals surface area (Å²) < 4.78 is 6.01. The molecule has 0 spiro atoms. The number of nitrogens with one attached hydrogen (secondary N) is 2.